The van der Waals surface area contributed by atoms with Crippen molar-refractivity contribution in [3.63, 3.8) is 0 Å². The molecule has 1 heterocycles. The van der Waals surface area contributed by atoms with Gasteiger partial charge >= 0.3 is 0 Å². The monoisotopic (exact) mass is 279 g/mol. The molecular weight excluding hydrogens is 270 g/mol. The van der Waals surface area contributed by atoms with E-state index in [1.165, 1.54) is 11.3 Å². The van der Waals surface area contributed by atoms with E-state index in [2.05, 4.69) is 11.2 Å². The summed E-state index contributed by atoms with van der Waals surface area (Å²) in [5.41, 5.74) is 0.973. The number of thioether (sulfide) groups is 1. The maximum absolute atomic E-state index is 8.48. The Morgan fingerprint density at radius 2 is 2.18 bits per heavy atom. The molecule has 0 saturated carbocycles. The second-order valence-electron chi connectivity index (χ2n) is 3.14. The van der Waals surface area contributed by atoms with Crippen molar-refractivity contribution in [1.82, 2.24) is 9.78 Å². The van der Waals surface area contributed by atoms with Gasteiger partial charge in [0.25, 0.3) is 0 Å². The van der Waals surface area contributed by atoms with Crippen LogP contribution in [0.4, 0.5) is 0 Å². The quantitative estimate of drug-likeness (QED) is 0.486. The minimum absolute atomic E-state index is 0.530. The SMILES string of the molecule is N#CCCSc1nn(-c2ccccc2)c(=S)s1. The Balaban J connectivity index is 2.20. The third-order valence-corrected chi connectivity index (χ3v) is 4.34. The molecule has 0 fully saturated rings. The van der Waals surface area contributed by atoms with Crippen LogP contribution < -0.4 is 0 Å². The number of rotatable bonds is 4. The zero-order chi connectivity index (χ0) is 12.1. The molecule has 6 heteroatoms. The lowest BCUT2D eigenvalue weighted by Crippen LogP contribution is -1.95. The van der Waals surface area contributed by atoms with Crippen molar-refractivity contribution in [2.75, 3.05) is 5.75 Å². The van der Waals surface area contributed by atoms with Crippen molar-refractivity contribution in [3.8, 4) is 11.8 Å². The lowest BCUT2D eigenvalue weighted by atomic mass is 10.3. The molecule has 3 nitrogen and oxygen atoms in total. The normalized spacial score (nSPS) is 10.1. The molecule has 17 heavy (non-hydrogen) atoms. The van der Waals surface area contributed by atoms with Crippen LogP contribution in [0.3, 0.4) is 0 Å². The van der Waals surface area contributed by atoms with E-state index in [4.69, 9.17) is 17.5 Å². The molecule has 0 amide bonds. The summed E-state index contributed by atoms with van der Waals surface area (Å²) in [6.07, 6.45) is 0.530. The lowest BCUT2D eigenvalue weighted by Gasteiger charge is -1.98. The van der Waals surface area contributed by atoms with Crippen LogP contribution in [0.2, 0.25) is 0 Å². The highest BCUT2D eigenvalue weighted by Gasteiger charge is 2.05. The average Bonchev–Trinajstić information content (AvgIpc) is 2.72. The summed E-state index contributed by atoms with van der Waals surface area (Å²) < 4.78 is 3.40. The topological polar surface area (TPSA) is 41.6 Å². The van der Waals surface area contributed by atoms with Crippen molar-refractivity contribution < 1.29 is 0 Å². The largest absolute Gasteiger partial charge is 0.211 e. The zero-order valence-electron chi connectivity index (χ0n) is 8.87. The van der Waals surface area contributed by atoms with Crippen LogP contribution in [0.1, 0.15) is 6.42 Å². The number of hydrogen-bond acceptors (Lipinski definition) is 5. The third kappa shape index (κ3) is 3.16. The number of nitriles is 1. The molecule has 86 valence electrons. The standard InChI is InChI=1S/C11H9N3S3/c12-7-4-8-16-10-13-14(11(15)17-10)9-5-2-1-3-6-9/h1-3,5-6H,4,8H2. The molecule has 0 spiro atoms. The zero-order valence-corrected chi connectivity index (χ0v) is 11.3. The van der Waals surface area contributed by atoms with Gasteiger partial charge in [-0.1, -0.05) is 41.3 Å². The van der Waals surface area contributed by atoms with Gasteiger partial charge in [-0.05, 0) is 24.4 Å². The molecule has 0 N–H and O–H groups in total. The van der Waals surface area contributed by atoms with Crippen LogP contribution in [-0.2, 0) is 0 Å². The molecule has 0 aliphatic rings. The van der Waals surface area contributed by atoms with Crippen LogP contribution >= 0.6 is 35.3 Å². The highest BCUT2D eigenvalue weighted by molar-refractivity contribution is 8.01. The van der Waals surface area contributed by atoms with Gasteiger partial charge in [-0.15, -0.1) is 5.10 Å². The Morgan fingerprint density at radius 1 is 1.41 bits per heavy atom. The molecule has 2 aromatic rings. The fourth-order valence-corrected chi connectivity index (χ4v) is 3.51. The Labute approximate surface area is 113 Å². The van der Waals surface area contributed by atoms with Crippen LogP contribution in [0.5, 0.6) is 0 Å². The summed E-state index contributed by atoms with van der Waals surface area (Å²) in [6, 6.07) is 11.9. The fraction of sp³-hybridized carbons (Fsp3) is 0.182. The number of hydrogen-bond donors (Lipinski definition) is 0. The second kappa shape index (κ2) is 5.96. The first-order valence-corrected chi connectivity index (χ1v) is 7.17. The maximum atomic E-state index is 8.48. The van der Waals surface area contributed by atoms with E-state index in [-0.39, 0.29) is 0 Å². The van der Waals surface area contributed by atoms with E-state index in [1.807, 2.05) is 30.3 Å². The maximum Gasteiger partial charge on any atom is 0.184 e. The molecule has 0 saturated heterocycles. The summed E-state index contributed by atoms with van der Waals surface area (Å²) in [4.78, 5) is 0. The third-order valence-electron chi connectivity index (χ3n) is 1.97. The van der Waals surface area contributed by atoms with E-state index < -0.39 is 0 Å². The highest BCUT2D eigenvalue weighted by Crippen LogP contribution is 2.24. The van der Waals surface area contributed by atoms with Crippen LogP contribution in [-0.4, -0.2) is 15.5 Å². The first-order valence-electron chi connectivity index (χ1n) is 4.96. The molecule has 0 aliphatic heterocycles. The van der Waals surface area contributed by atoms with Crippen molar-refractivity contribution in [2.24, 2.45) is 0 Å². The van der Waals surface area contributed by atoms with Crippen molar-refractivity contribution in [2.45, 2.75) is 10.8 Å². The van der Waals surface area contributed by atoms with Gasteiger partial charge in [0.05, 0.1) is 11.8 Å². The molecule has 0 atom stereocenters. The minimum Gasteiger partial charge on any atom is -0.211 e. The van der Waals surface area contributed by atoms with Crippen molar-refractivity contribution in [1.29, 1.82) is 5.26 Å². The number of nitrogens with zero attached hydrogens (tertiary/aromatic N) is 3. The van der Waals surface area contributed by atoms with Gasteiger partial charge in [-0.25, -0.2) is 4.68 Å². The minimum atomic E-state index is 0.530. The van der Waals surface area contributed by atoms with Gasteiger partial charge in [0.15, 0.2) is 8.29 Å². The second-order valence-corrected chi connectivity index (χ2v) is 6.10. The van der Waals surface area contributed by atoms with E-state index in [9.17, 15) is 0 Å². The molecule has 0 radical (unpaired) electrons. The van der Waals surface area contributed by atoms with Gasteiger partial charge < -0.3 is 0 Å². The smallest absolute Gasteiger partial charge is 0.184 e. The Bertz CT molecular complexity index is 580. The lowest BCUT2D eigenvalue weighted by molar-refractivity contribution is 0.829. The molecule has 1 aromatic heterocycles. The van der Waals surface area contributed by atoms with Crippen molar-refractivity contribution >= 4 is 35.3 Å². The van der Waals surface area contributed by atoms with E-state index in [0.29, 0.717) is 6.42 Å². The molecular formula is C11H9N3S3. The Morgan fingerprint density at radius 3 is 2.88 bits per heavy atom. The first kappa shape index (κ1) is 12.3. The molecule has 0 unspecified atom stereocenters. The average molecular weight is 279 g/mol. The summed E-state index contributed by atoms with van der Waals surface area (Å²) in [7, 11) is 0. The predicted molar refractivity (Wildman–Crippen MR) is 73.2 cm³/mol. The molecule has 2 rings (SSSR count). The van der Waals surface area contributed by atoms with Gasteiger partial charge in [0, 0.05) is 12.2 Å². The van der Waals surface area contributed by atoms with E-state index in [0.717, 1.165) is 19.7 Å². The summed E-state index contributed by atoms with van der Waals surface area (Å²) >= 11 is 8.33. The van der Waals surface area contributed by atoms with Gasteiger partial charge in [0.1, 0.15) is 0 Å². The Hall–Kier alpha value is -1.16. The van der Waals surface area contributed by atoms with Crippen molar-refractivity contribution in [3.05, 3.63) is 34.3 Å². The van der Waals surface area contributed by atoms with Gasteiger partial charge in [-0.3, -0.25) is 0 Å². The van der Waals surface area contributed by atoms with Gasteiger partial charge in [0.2, 0.25) is 0 Å². The molecule has 0 aliphatic carbocycles. The summed E-state index contributed by atoms with van der Waals surface area (Å²) in [5.74, 6) is 0.758. The van der Waals surface area contributed by atoms with Crippen LogP contribution in [0.15, 0.2) is 34.7 Å². The first-order chi connectivity index (χ1) is 8.31. The number of aromatic nitrogens is 2. The van der Waals surface area contributed by atoms with Gasteiger partial charge in [-0.2, -0.15) is 5.26 Å². The molecule has 0 bridgehead atoms. The highest BCUT2D eigenvalue weighted by atomic mass is 32.2. The van der Waals surface area contributed by atoms with E-state index >= 15 is 0 Å². The van der Waals surface area contributed by atoms with Crippen LogP contribution in [0.25, 0.3) is 5.69 Å². The Kier molecular flexibility index (Phi) is 4.31. The summed E-state index contributed by atoms with van der Waals surface area (Å²) in [5, 5.41) is 12.9. The molecule has 1 aromatic carbocycles. The van der Waals surface area contributed by atoms with Crippen LogP contribution in [0, 0.1) is 15.3 Å². The fourth-order valence-electron chi connectivity index (χ4n) is 1.24. The predicted octanol–water partition coefficient (Wildman–Crippen LogP) is 3.67. The number of para-hydroxylation sites is 1. The van der Waals surface area contributed by atoms with E-state index in [1.54, 1.807) is 16.4 Å². The number of benzene rings is 1. The summed E-state index contributed by atoms with van der Waals surface area (Å²) in [6.45, 7) is 0.